The van der Waals surface area contributed by atoms with Crippen LogP contribution in [0.15, 0.2) is 48.5 Å². The van der Waals surface area contributed by atoms with E-state index in [1.54, 1.807) is 12.1 Å². The Bertz CT molecular complexity index is 620. The first kappa shape index (κ1) is 17.0. The molecule has 0 bridgehead atoms. The number of carbonyl (C=O) groups is 1. The topological polar surface area (TPSA) is 38.8 Å². The molecule has 0 heterocycles. The maximum absolute atomic E-state index is 11.4. The molecule has 0 amide bonds. The van der Waals surface area contributed by atoms with Crippen LogP contribution in [0.25, 0.3) is 0 Å². The molecule has 4 nitrogen and oxygen atoms in total. The Balaban J connectivity index is 1.77. The van der Waals surface area contributed by atoms with E-state index in [0.717, 1.165) is 24.4 Å². The van der Waals surface area contributed by atoms with Crippen molar-refractivity contribution in [3.8, 4) is 5.75 Å². The van der Waals surface area contributed by atoms with Crippen LogP contribution in [0.5, 0.6) is 5.75 Å². The van der Waals surface area contributed by atoms with Crippen molar-refractivity contribution >= 4 is 5.97 Å². The molecule has 2 aromatic carbocycles. The molecule has 0 atom stereocenters. The number of rotatable bonds is 7. The predicted octanol–water partition coefficient (Wildman–Crippen LogP) is 3.29. The molecule has 23 heavy (non-hydrogen) atoms. The third kappa shape index (κ3) is 5.42. The lowest BCUT2D eigenvalue weighted by Crippen LogP contribution is -2.23. The van der Waals surface area contributed by atoms with E-state index < -0.39 is 0 Å². The van der Waals surface area contributed by atoms with Gasteiger partial charge in [-0.2, -0.15) is 0 Å². The van der Waals surface area contributed by atoms with Crippen LogP contribution in [0, 0.1) is 6.92 Å². The number of carbonyl (C=O) groups excluding carboxylic acids is 1. The smallest absolute Gasteiger partial charge is 0.337 e. The Morgan fingerprint density at radius 2 is 1.70 bits per heavy atom. The number of hydrogen-bond donors (Lipinski definition) is 0. The Hall–Kier alpha value is -2.33. The lowest BCUT2D eigenvalue weighted by molar-refractivity contribution is 0.0600. The van der Waals surface area contributed by atoms with Gasteiger partial charge in [-0.25, -0.2) is 4.79 Å². The molecule has 2 aromatic rings. The lowest BCUT2D eigenvalue weighted by Gasteiger charge is -2.17. The molecule has 0 aliphatic carbocycles. The number of ether oxygens (including phenoxy) is 2. The van der Waals surface area contributed by atoms with Crippen molar-refractivity contribution in [3.63, 3.8) is 0 Å². The molecule has 0 fully saturated rings. The first-order valence-corrected chi connectivity index (χ1v) is 7.64. The molecule has 0 unspecified atom stereocenters. The van der Waals surface area contributed by atoms with Gasteiger partial charge in [0, 0.05) is 13.1 Å². The second-order valence-electron chi connectivity index (χ2n) is 5.59. The Morgan fingerprint density at radius 3 is 2.30 bits per heavy atom. The number of methoxy groups -OCH3 is 1. The van der Waals surface area contributed by atoms with E-state index in [0.29, 0.717) is 12.2 Å². The van der Waals surface area contributed by atoms with Gasteiger partial charge in [-0.15, -0.1) is 0 Å². The summed E-state index contributed by atoms with van der Waals surface area (Å²) in [6.07, 6.45) is 0. The van der Waals surface area contributed by atoms with Crippen LogP contribution >= 0.6 is 0 Å². The second kappa shape index (κ2) is 8.34. The molecule has 122 valence electrons. The fraction of sp³-hybridized carbons (Fsp3) is 0.316. The molecule has 0 aromatic heterocycles. The zero-order chi connectivity index (χ0) is 16.7. The minimum Gasteiger partial charge on any atom is -0.492 e. The average Bonchev–Trinajstić information content (AvgIpc) is 2.56. The molecule has 0 saturated carbocycles. The molecule has 0 aliphatic rings. The minimum atomic E-state index is -0.309. The standard InChI is InChI=1S/C19H23NO3/c1-15-4-10-18(11-5-15)23-13-12-20(2)14-16-6-8-17(9-7-16)19(21)22-3/h4-11H,12-14H2,1-3H3. The highest BCUT2D eigenvalue weighted by Crippen LogP contribution is 2.12. The molecular formula is C19H23NO3. The van der Waals surface area contributed by atoms with Gasteiger partial charge in [0.2, 0.25) is 0 Å². The Morgan fingerprint density at radius 1 is 1.04 bits per heavy atom. The van der Waals surface area contributed by atoms with Crippen molar-refractivity contribution < 1.29 is 14.3 Å². The number of nitrogens with zero attached hydrogens (tertiary/aromatic N) is 1. The van der Waals surface area contributed by atoms with E-state index in [2.05, 4.69) is 11.8 Å². The summed E-state index contributed by atoms with van der Waals surface area (Å²) >= 11 is 0. The number of aryl methyl sites for hydroxylation is 1. The van der Waals surface area contributed by atoms with Crippen LogP contribution in [-0.2, 0) is 11.3 Å². The molecule has 0 spiro atoms. The van der Waals surface area contributed by atoms with E-state index >= 15 is 0 Å². The van der Waals surface area contributed by atoms with Crippen LogP contribution in [0.2, 0.25) is 0 Å². The zero-order valence-corrected chi connectivity index (χ0v) is 13.9. The van der Waals surface area contributed by atoms with Crippen LogP contribution in [0.1, 0.15) is 21.5 Å². The van der Waals surface area contributed by atoms with Crippen molar-refractivity contribution in [2.45, 2.75) is 13.5 Å². The van der Waals surface area contributed by atoms with Gasteiger partial charge in [-0.05, 0) is 43.8 Å². The van der Waals surface area contributed by atoms with Gasteiger partial charge in [-0.1, -0.05) is 29.8 Å². The van der Waals surface area contributed by atoms with Crippen LogP contribution < -0.4 is 4.74 Å². The monoisotopic (exact) mass is 313 g/mol. The van der Waals surface area contributed by atoms with Crippen molar-refractivity contribution in [2.75, 3.05) is 27.3 Å². The highest BCUT2D eigenvalue weighted by atomic mass is 16.5. The second-order valence-corrected chi connectivity index (χ2v) is 5.59. The van der Waals surface area contributed by atoms with Crippen LogP contribution in [0.3, 0.4) is 0 Å². The first-order chi connectivity index (χ1) is 11.1. The van der Waals surface area contributed by atoms with Gasteiger partial charge in [-0.3, -0.25) is 4.90 Å². The number of esters is 1. The number of hydrogen-bond acceptors (Lipinski definition) is 4. The highest BCUT2D eigenvalue weighted by molar-refractivity contribution is 5.89. The fourth-order valence-electron chi connectivity index (χ4n) is 2.21. The van der Waals surface area contributed by atoms with Gasteiger partial charge in [0.25, 0.3) is 0 Å². The number of likely N-dealkylation sites (N-methyl/N-ethyl adjacent to an activating group) is 1. The Kier molecular flexibility index (Phi) is 6.18. The van der Waals surface area contributed by atoms with Crippen molar-refractivity contribution in [1.82, 2.24) is 4.90 Å². The van der Waals surface area contributed by atoms with Crippen molar-refractivity contribution in [3.05, 3.63) is 65.2 Å². The quantitative estimate of drug-likeness (QED) is 0.735. The van der Waals surface area contributed by atoms with Crippen LogP contribution in [-0.4, -0.2) is 38.2 Å². The molecule has 2 rings (SSSR count). The maximum Gasteiger partial charge on any atom is 0.337 e. The summed E-state index contributed by atoms with van der Waals surface area (Å²) < 4.78 is 10.4. The van der Waals surface area contributed by atoms with E-state index in [-0.39, 0.29) is 5.97 Å². The predicted molar refractivity (Wildman–Crippen MR) is 90.8 cm³/mol. The first-order valence-electron chi connectivity index (χ1n) is 7.64. The zero-order valence-electron chi connectivity index (χ0n) is 13.9. The molecule has 0 N–H and O–H groups in total. The van der Waals surface area contributed by atoms with Crippen molar-refractivity contribution in [2.24, 2.45) is 0 Å². The largest absolute Gasteiger partial charge is 0.492 e. The summed E-state index contributed by atoms with van der Waals surface area (Å²) in [6, 6.07) is 15.5. The average molecular weight is 313 g/mol. The van der Waals surface area contributed by atoms with Gasteiger partial charge in [0.1, 0.15) is 12.4 Å². The SMILES string of the molecule is COC(=O)c1ccc(CN(C)CCOc2ccc(C)cc2)cc1. The summed E-state index contributed by atoms with van der Waals surface area (Å²) in [6.45, 7) is 4.33. The van der Waals surface area contributed by atoms with Crippen molar-refractivity contribution in [1.29, 1.82) is 0 Å². The van der Waals surface area contributed by atoms with Gasteiger partial charge < -0.3 is 9.47 Å². The van der Waals surface area contributed by atoms with Crippen LogP contribution in [0.4, 0.5) is 0 Å². The van der Waals surface area contributed by atoms with E-state index in [1.807, 2.05) is 43.4 Å². The molecule has 0 radical (unpaired) electrons. The molecule has 0 saturated heterocycles. The van der Waals surface area contributed by atoms with E-state index in [4.69, 9.17) is 9.47 Å². The summed E-state index contributed by atoms with van der Waals surface area (Å²) in [7, 11) is 3.44. The summed E-state index contributed by atoms with van der Waals surface area (Å²) in [4.78, 5) is 13.6. The lowest BCUT2D eigenvalue weighted by atomic mass is 10.1. The highest BCUT2D eigenvalue weighted by Gasteiger charge is 2.06. The minimum absolute atomic E-state index is 0.309. The summed E-state index contributed by atoms with van der Waals surface area (Å²) in [5, 5.41) is 0. The Labute approximate surface area is 137 Å². The third-order valence-electron chi connectivity index (χ3n) is 3.59. The fourth-order valence-corrected chi connectivity index (χ4v) is 2.21. The summed E-state index contributed by atoms with van der Waals surface area (Å²) in [5.41, 5.74) is 2.95. The third-order valence-corrected chi connectivity index (χ3v) is 3.59. The molecule has 0 aliphatic heterocycles. The van der Waals surface area contributed by atoms with E-state index in [9.17, 15) is 4.79 Å². The van der Waals surface area contributed by atoms with Gasteiger partial charge in [0.05, 0.1) is 12.7 Å². The maximum atomic E-state index is 11.4. The summed E-state index contributed by atoms with van der Waals surface area (Å²) in [5.74, 6) is 0.586. The van der Waals surface area contributed by atoms with Gasteiger partial charge in [0.15, 0.2) is 0 Å². The number of benzene rings is 2. The van der Waals surface area contributed by atoms with Gasteiger partial charge >= 0.3 is 5.97 Å². The normalized spacial score (nSPS) is 10.6. The molecule has 4 heteroatoms. The molecular weight excluding hydrogens is 290 g/mol. The van der Waals surface area contributed by atoms with E-state index in [1.165, 1.54) is 12.7 Å².